The van der Waals surface area contributed by atoms with Gasteiger partial charge in [-0.1, -0.05) is 13.0 Å². The quantitative estimate of drug-likeness (QED) is 0.350. The van der Waals surface area contributed by atoms with Gasteiger partial charge in [0.25, 0.3) is 0 Å². The molecule has 0 aliphatic carbocycles. The van der Waals surface area contributed by atoms with Gasteiger partial charge in [0.2, 0.25) is 5.97 Å². The molecule has 0 aromatic heterocycles. The Hall–Kier alpha value is -0.990. The van der Waals surface area contributed by atoms with Crippen molar-refractivity contribution in [1.82, 2.24) is 0 Å². The molecule has 0 aliphatic rings. The van der Waals surface area contributed by atoms with E-state index in [1.54, 1.807) is 6.92 Å². The van der Waals surface area contributed by atoms with Crippen LogP contribution in [0.15, 0.2) is 11.6 Å². The second kappa shape index (κ2) is 3.95. The number of hydrogen-bond acceptors (Lipinski definition) is 2. The molecular formula is C6H8FNO. The first-order valence-corrected chi connectivity index (χ1v) is 2.62. The third-order valence-electron chi connectivity index (χ3n) is 0.804. The fourth-order valence-corrected chi connectivity index (χ4v) is 0.409. The van der Waals surface area contributed by atoms with E-state index in [1.807, 2.05) is 0 Å². The summed E-state index contributed by atoms with van der Waals surface area (Å²) >= 11 is 0. The summed E-state index contributed by atoms with van der Waals surface area (Å²) < 4.78 is 11.8. The molecular weight excluding hydrogens is 121 g/mol. The summed E-state index contributed by atoms with van der Waals surface area (Å²) in [5, 5.41) is 6.39. The SMILES string of the molecule is CC/C=C(/C=O)C(=N)F. The van der Waals surface area contributed by atoms with Crippen molar-refractivity contribution in [3.8, 4) is 0 Å². The van der Waals surface area contributed by atoms with Crippen LogP contribution in [0.3, 0.4) is 0 Å². The normalized spacial score (nSPS) is 11.1. The van der Waals surface area contributed by atoms with E-state index >= 15 is 0 Å². The first-order valence-electron chi connectivity index (χ1n) is 2.62. The maximum atomic E-state index is 11.8. The molecule has 50 valence electrons. The number of rotatable bonds is 3. The average molecular weight is 129 g/mol. The number of allylic oxidation sites excluding steroid dienone is 2. The molecule has 0 unspecified atom stereocenters. The van der Waals surface area contributed by atoms with E-state index in [0.29, 0.717) is 12.7 Å². The topological polar surface area (TPSA) is 40.9 Å². The second-order valence-electron chi connectivity index (χ2n) is 1.50. The Balaban J connectivity index is 4.14. The fraction of sp³-hybridized carbons (Fsp3) is 0.333. The number of halogens is 1. The third kappa shape index (κ3) is 2.74. The van der Waals surface area contributed by atoms with Crippen LogP contribution in [0.5, 0.6) is 0 Å². The molecule has 0 fully saturated rings. The van der Waals surface area contributed by atoms with Gasteiger partial charge in [-0.2, -0.15) is 4.39 Å². The highest BCUT2D eigenvalue weighted by Crippen LogP contribution is 1.95. The molecule has 0 amide bonds. The first-order chi connectivity index (χ1) is 4.22. The summed E-state index contributed by atoms with van der Waals surface area (Å²) in [6, 6.07) is 0. The summed E-state index contributed by atoms with van der Waals surface area (Å²) in [4.78, 5) is 9.89. The van der Waals surface area contributed by atoms with Crippen LogP contribution in [0.25, 0.3) is 0 Å². The van der Waals surface area contributed by atoms with Crippen LogP contribution in [0.4, 0.5) is 4.39 Å². The zero-order valence-corrected chi connectivity index (χ0v) is 5.15. The van der Waals surface area contributed by atoms with Crippen LogP contribution < -0.4 is 0 Å². The molecule has 0 aromatic carbocycles. The minimum atomic E-state index is -1.16. The maximum Gasteiger partial charge on any atom is 0.215 e. The summed E-state index contributed by atoms with van der Waals surface area (Å²) in [6.45, 7) is 1.77. The van der Waals surface area contributed by atoms with Crippen molar-refractivity contribution >= 4 is 12.3 Å². The molecule has 0 saturated carbocycles. The van der Waals surface area contributed by atoms with Crippen molar-refractivity contribution < 1.29 is 9.18 Å². The van der Waals surface area contributed by atoms with Crippen molar-refractivity contribution in [2.45, 2.75) is 13.3 Å². The largest absolute Gasteiger partial charge is 0.298 e. The highest BCUT2D eigenvalue weighted by Gasteiger charge is 1.98. The molecule has 9 heavy (non-hydrogen) atoms. The van der Waals surface area contributed by atoms with E-state index in [1.165, 1.54) is 6.08 Å². The van der Waals surface area contributed by atoms with Gasteiger partial charge in [-0.05, 0) is 6.42 Å². The molecule has 0 spiro atoms. The van der Waals surface area contributed by atoms with Crippen LogP contribution in [0.1, 0.15) is 13.3 Å². The number of hydrogen-bond donors (Lipinski definition) is 1. The number of carbonyl (C=O) groups excluding carboxylic acids is 1. The Morgan fingerprint density at radius 3 is 2.44 bits per heavy atom. The summed E-state index contributed by atoms with van der Waals surface area (Å²) in [7, 11) is 0. The van der Waals surface area contributed by atoms with Gasteiger partial charge < -0.3 is 0 Å². The van der Waals surface area contributed by atoms with Crippen LogP contribution in [0, 0.1) is 5.41 Å². The lowest BCUT2D eigenvalue weighted by Crippen LogP contribution is -1.93. The summed E-state index contributed by atoms with van der Waals surface area (Å²) in [6.07, 6.45) is 2.28. The van der Waals surface area contributed by atoms with Gasteiger partial charge in [-0.25, -0.2) is 0 Å². The molecule has 0 aliphatic heterocycles. The van der Waals surface area contributed by atoms with Crippen molar-refractivity contribution in [3.05, 3.63) is 11.6 Å². The predicted octanol–water partition coefficient (Wildman–Crippen LogP) is 1.47. The van der Waals surface area contributed by atoms with Crippen LogP contribution in [-0.2, 0) is 4.79 Å². The Morgan fingerprint density at radius 1 is 1.78 bits per heavy atom. The Bertz CT molecular complexity index is 151. The third-order valence-corrected chi connectivity index (χ3v) is 0.804. The molecule has 0 saturated heterocycles. The molecule has 2 nitrogen and oxygen atoms in total. The van der Waals surface area contributed by atoms with Crippen molar-refractivity contribution in [2.75, 3.05) is 0 Å². The smallest absolute Gasteiger partial charge is 0.215 e. The monoisotopic (exact) mass is 129 g/mol. The Morgan fingerprint density at radius 2 is 2.33 bits per heavy atom. The van der Waals surface area contributed by atoms with Crippen molar-refractivity contribution in [3.63, 3.8) is 0 Å². The molecule has 0 heterocycles. The van der Waals surface area contributed by atoms with Crippen LogP contribution in [0.2, 0.25) is 0 Å². The average Bonchev–Trinajstić information content (AvgIpc) is 1.82. The zero-order valence-electron chi connectivity index (χ0n) is 5.15. The van der Waals surface area contributed by atoms with Gasteiger partial charge in [-0.15, -0.1) is 0 Å². The molecule has 3 heteroatoms. The van der Waals surface area contributed by atoms with E-state index < -0.39 is 5.97 Å². The lowest BCUT2D eigenvalue weighted by Gasteiger charge is -1.87. The highest BCUT2D eigenvalue weighted by molar-refractivity contribution is 6.08. The van der Waals surface area contributed by atoms with E-state index in [0.717, 1.165) is 0 Å². The summed E-state index contributed by atoms with van der Waals surface area (Å²) in [5.74, 6) is -1.16. The Kier molecular flexibility index (Phi) is 3.51. The summed E-state index contributed by atoms with van der Waals surface area (Å²) in [5.41, 5.74) is -0.169. The maximum absolute atomic E-state index is 11.8. The number of aldehydes is 1. The standard InChI is InChI=1S/C6H8FNO/c1-2-3-5(4-9)6(7)8/h3-4,8H,2H2,1H3/b5-3-,8-6?. The Labute approximate surface area is 52.9 Å². The highest BCUT2D eigenvalue weighted by atomic mass is 19.1. The molecule has 0 radical (unpaired) electrons. The van der Waals surface area contributed by atoms with Crippen molar-refractivity contribution in [1.29, 1.82) is 5.41 Å². The van der Waals surface area contributed by atoms with E-state index in [9.17, 15) is 9.18 Å². The van der Waals surface area contributed by atoms with E-state index in [2.05, 4.69) is 0 Å². The number of nitrogens with one attached hydrogen (secondary N) is 1. The van der Waals surface area contributed by atoms with Gasteiger partial charge >= 0.3 is 0 Å². The number of carbonyl (C=O) groups is 1. The van der Waals surface area contributed by atoms with Gasteiger partial charge in [0.1, 0.15) is 0 Å². The lowest BCUT2D eigenvalue weighted by molar-refractivity contribution is -0.104. The molecule has 0 bridgehead atoms. The van der Waals surface area contributed by atoms with Crippen LogP contribution in [-0.4, -0.2) is 12.3 Å². The molecule has 0 rings (SSSR count). The van der Waals surface area contributed by atoms with E-state index in [-0.39, 0.29) is 5.57 Å². The second-order valence-corrected chi connectivity index (χ2v) is 1.50. The minimum Gasteiger partial charge on any atom is -0.298 e. The predicted molar refractivity (Wildman–Crippen MR) is 33.3 cm³/mol. The molecule has 0 aromatic rings. The zero-order chi connectivity index (χ0) is 7.28. The van der Waals surface area contributed by atoms with Gasteiger partial charge in [-0.3, -0.25) is 10.2 Å². The van der Waals surface area contributed by atoms with Gasteiger partial charge in [0.05, 0.1) is 5.57 Å². The molecule has 1 N–H and O–H groups in total. The molecule has 0 atom stereocenters. The van der Waals surface area contributed by atoms with Gasteiger partial charge in [0, 0.05) is 0 Å². The lowest BCUT2D eigenvalue weighted by atomic mass is 10.2. The van der Waals surface area contributed by atoms with Crippen LogP contribution >= 0.6 is 0 Å². The van der Waals surface area contributed by atoms with E-state index in [4.69, 9.17) is 5.41 Å². The fourth-order valence-electron chi connectivity index (χ4n) is 0.409. The first kappa shape index (κ1) is 8.01. The van der Waals surface area contributed by atoms with Gasteiger partial charge in [0.15, 0.2) is 6.29 Å². The van der Waals surface area contributed by atoms with Crippen molar-refractivity contribution in [2.24, 2.45) is 0 Å². The minimum absolute atomic E-state index is 0.169.